The lowest BCUT2D eigenvalue weighted by Gasteiger charge is -2.04. The first-order valence-electron chi connectivity index (χ1n) is 3.47. The fraction of sp³-hybridized carbons (Fsp3) is 0.667. The number of amides is 2. The van der Waals surface area contributed by atoms with E-state index in [9.17, 15) is 9.59 Å². The van der Waals surface area contributed by atoms with Crippen molar-refractivity contribution in [1.29, 1.82) is 0 Å². The van der Waals surface area contributed by atoms with E-state index in [1.165, 1.54) is 4.90 Å². The summed E-state index contributed by atoms with van der Waals surface area (Å²) in [6.45, 7) is 2.06. The Morgan fingerprint density at radius 2 is 2.20 bits per heavy atom. The Morgan fingerprint density at radius 1 is 1.60 bits per heavy atom. The molecule has 0 saturated carbocycles. The summed E-state index contributed by atoms with van der Waals surface area (Å²) in [5.41, 5.74) is 0.0949. The summed E-state index contributed by atoms with van der Waals surface area (Å²) in [5.74, 6) is 0.0310. The third-order valence-corrected chi connectivity index (χ3v) is 3.59. The van der Waals surface area contributed by atoms with E-state index in [1.54, 1.807) is 7.05 Å². The highest BCUT2D eigenvalue weighted by molar-refractivity contribution is 6.45. The second kappa shape index (κ2) is 2.54. The minimum absolute atomic E-state index is 0.00986. The van der Waals surface area contributed by atoms with Crippen LogP contribution in [0.3, 0.4) is 0 Å². The summed E-state index contributed by atoms with van der Waals surface area (Å²) in [6, 6.07) is 0. The van der Waals surface area contributed by atoms with Crippen LogP contribution in [0.1, 0.15) is 6.42 Å². The molecule has 56 valence electrons. The van der Waals surface area contributed by atoms with Crippen molar-refractivity contribution in [2.75, 3.05) is 7.05 Å². The molecule has 1 rings (SSSR count). The van der Waals surface area contributed by atoms with Crippen LogP contribution in [-0.4, -0.2) is 33.3 Å². The van der Waals surface area contributed by atoms with Crippen LogP contribution in [-0.2, 0) is 9.59 Å². The number of imide groups is 1. The molecule has 1 aliphatic rings. The average Bonchev–Trinajstić information content (AvgIpc) is 2.17. The van der Waals surface area contributed by atoms with Crippen molar-refractivity contribution in [3.05, 3.63) is 0 Å². The topological polar surface area (TPSA) is 37.4 Å². The Morgan fingerprint density at radius 3 is 2.40 bits per heavy atom. The highest BCUT2D eigenvalue weighted by Crippen LogP contribution is 2.21. The largest absolute Gasteiger partial charge is 0.286 e. The van der Waals surface area contributed by atoms with E-state index >= 15 is 0 Å². The Hall–Kier alpha value is -0.643. The molecule has 0 N–H and O–H groups in total. The maximum absolute atomic E-state index is 11.1. The van der Waals surface area contributed by atoms with Gasteiger partial charge in [-0.2, -0.15) is 0 Å². The Labute approximate surface area is 62.2 Å². The third-order valence-electron chi connectivity index (χ3n) is 1.97. The molecule has 2 amide bonds. The molecule has 1 fully saturated rings. The first-order chi connectivity index (χ1) is 4.66. The summed E-state index contributed by atoms with van der Waals surface area (Å²) in [5, 5.41) is 0. The van der Waals surface area contributed by atoms with Gasteiger partial charge in [0, 0.05) is 28.5 Å². The monoisotopic (exact) mass is 157 g/mol. The predicted octanol–water partition coefficient (Wildman–Crippen LogP) is -0.620. The van der Waals surface area contributed by atoms with E-state index in [4.69, 9.17) is 0 Å². The lowest BCUT2D eigenvalue weighted by atomic mass is 10.3. The average molecular weight is 157 g/mol. The van der Waals surface area contributed by atoms with E-state index < -0.39 is 0 Å². The van der Waals surface area contributed by atoms with E-state index in [1.807, 2.05) is 0 Å². The van der Waals surface area contributed by atoms with Crippen molar-refractivity contribution >= 4 is 21.3 Å². The molecule has 3 nitrogen and oxygen atoms in total. The summed E-state index contributed by atoms with van der Waals surface area (Å²) in [7, 11) is 1.23. The van der Waals surface area contributed by atoms with Gasteiger partial charge < -0.3 is 0 Å². The normalized spacial score (nSPS) is 27.4. The van der Waals surface area contributed by atoms with E-state index in [0.29, 0.717) is 6.42 Å². The predicted molar refractivity (Wildman–Crippen MR) is 40.6 cm³/mol. The molecule has 0 aliphatic carbocycles. The molecule has 1 aliphatic heterocycles. The number of hydrogen-bond donors (Lipinski definition) is 0. The van der Waals surface area contributed by atoms with E-state index in [2.05, 4.69) is 6.55 Å². The zero-order valence-electron chi connectivity index (χ0n) is 6.26. The zero-order valence-corrected chi connectivity index (χ0v) is 7.67. The molecule has 1 unspecified atom stereocenters. The van der Waals surface area contributed by atoms with E-state index in [0.717, 1.165) is 0 Å². The maximum atomic E-state index is 11.1. The third kappa shape index (κ3) is 0.987. The Balaban J connectivity index is 2.71. The van der Waals surface area contributed by atoms with Gasteiger partial charge >= 0.3 is 0 Å². The van der Waals surface area contributed by atoms with Crippen LogP contribution in [0.4, 0.5) is 0 Å². The van der Waals surface area contributed by atoms with Gasteiger partial charge in [-0.05, 0) is 0 Å². The number of nitrogens with zero attached hydrogens (tertiary/aromatic N) is 1. The van der Waals surface area contributed by atoms with Gasteiger partial charge in [-0.25, -0.2) is 0 Å². The van der Waals surface area contributed by atoms with Crippen molar-refractivity contribution in [3.63, 3.8) is 0 Å². The maximum Gasteiger partial charge on any atom is 0.229 e. The number of likely N-dealkylation sites (tertiary alicyclic amines) is 1. The molecule has 4 heteroatoms. The van der Waals surface area contributed by atoms with Gasteiger partial charge in [0.1, 0.15) is 0 Å². The highest BCUT2D eigenvalue weighted by Gasteiger charge is 2.34. The van der Waals surface area contributed by atoms with Crippen LogP contribution in [0, 0.1) is 0 Å². The van der Waals surface area contributed by atoms with Gasteiger partial charge in [0.05, 0.1) is 0 Å². The number of rotatable bonds is 1. The molecule has 1 saturated heterocycles. The van der Waals surface area contributed by atoms with Gasteiger partial charge in [-0.3, -0.25) is 14.5 Å². The molecular formula is C6H11NO2Si. The van der Waals surface area contributed by atoms with Gasteiger partial charge in [0.2, 0.25) is 11.8 Å². The molecule has 1 atom stereocenters. The lowest BCUT2D eigenvalue weighted by Crippen LogP contribution is -2.25. The fourth-order valence-electron chi connectivity index (χ4n) is 1.15. The molecule has 1 heterocycles. The van der Waals surface area contributed by atoms with Crippen molar-refractivity contribution in [3.8, 4) is 0 Å². The highest BCUT2D eigenvalue weighted by atomic mass is 28.2. The summed E-state index contributed by atoms with van der Waals surface area (Å²) >= 11 is 0. The molecule has 0 aromatic heterocycles. The minimum atomic E-state index is -0.333. The van der Waals surface area contributed by atoms with Crippen LogP contribution in [0.25, 0.3) is 0 Å². The SMILES string of the molecule is C[SiH2]C1CC(=O)N(C)C1=O. The Kier molecular flexibility index (Phi) is 1.89. The molecule has 0 bridgehead atoms. The first kappa shape index (κ1) is 7.46. The van der Waals surface area contributed by atoms with Crippen molar-refractivity contribution in [2.45, 2.75) is 18.5 Å². The minimum Gasteiger partial charge on any atom is -0.286 e. The second-order valence-corrected chi connectivity index (χ2v) is 4.40. The van der Waals surface area contributed by atoms with Crippen molar-refractivity contribution in [2.24, 2.45) is 0 Å². The standard InChI is InChI=1S/C6H11NO2Si/c1-7-5(8)3-4(10-2)6(7)9/h4H,3,10H2,1-2H3. The number of hydrogen-bond acceptors (Lipinski definition) is 2. The molecule has 10 heavy (non-hydrogen) atoms. The molecule has 0 aromatic carbocycles. The quantitative estimate of drug-likeness (QED) is 0.376. The molecular weight excluding hydrogens is 146 g/mol. The Bertz CT molecular complexity index is 181. The van der Waals surface area contributed by atoms with Crippen molar-refractivity contribution < 1.29 is 9.59 Å². The fourth-order valence-corrected chi connectivity index (χ4v) is 2.31. The van der Waals surface area contributed by atoms with Gasteiger partial charge in [0.25, 0.3) is 0 Å². The summed E-state index contributed by atoms with van der Waals surface area (Å²) in [4.78, 5) is 23.2. The summed E-state index contributed by atoms with van der Waals surface area (Å²) in [6.07, 6.45) is 0.470. The lowest BCUT2D eigenvalue weighted by molar-refractivity contribution is -0.136. The van der Waals surface area contributed by atoms with Crippen molar-refractivity contribution in [1.82, 2.24) is 4.90 Å². The van der Waals surface area contributed by atoms with Gasteiger partial charge in [-0.1, -0.05) is 6.55 Å². The van der Waals surface area contributed by atoms with Crippen LogP contribution in [0.2, 0.25) is 12.1 Å². The van der Waals surface area contributed by atoms with E-state index in [-0.39, 0.29) is 26.9 Å². The van der Waals surface area contributed by atoms with Crippen LogP contribution < -0.4 is 0 Å². The van der Waals surface area contributed by atoms with Crippen LogP contribution >= 0.6 is 0 Å². The van der Waals surface area contributed by atoms with Gasteiger partial charge in [0.15, 0.2) is 0 Å². The second-order valence-electron chi connectivity index (χ2n) is 2.60. The molecule has 0 radical (unpaired) electrons. The number of carbonyl (C=O) groups excluding carboxylic acids is 2. The summed E-state index contributed by atoms with van der Waals surface area (Å²) < 4.78 is 0. The van der Waals surface area contributed by atoms with Gasteiger partial charge in [-0.15, -0.1) is 0 Å². The smallest absolute Gasteiger partial charge is 0.229 e. The zero-order chi connectivity index (χ0) is 7.72. The molecule has 0 aromatic rings. The first-order valence-corrected chi connectivity index (χ1v) is 5.70. The van der Waals surface area contributed by atoms with Crippen LogP contribution in [0.15, 0.2) is 0 Å². The molecule has 0 spiro atoms. The number of carbonyl (C=O) groups is 2. The van der Waals surface area contributed by atoms with Crippen LogP contribution in [0.5, 0.6) is 0 Å².